The molecule has 1 rings (SSSR count). The van der Waals surface area contributed by atoms with Crippen LogP contribution in [-0.2, 0) is 4.79 Å². The molecular weight excluding hydrogens is 258 g/mol. The number of rotatable bonds is 7. The van der Waals surface area contributed by atoms with Crippen LogP contribution in [0.15, 0.2) is 29.2 Å². The molecule has 0 aliphatic rings. The molecule has 0 bridgehead atoms. The van der Waals surface area contributed by atoms with E-state index in [1.807, 2.05) is 13.8 Å². The molecule has 2 N–H and O–H groups in total. The summed E-state index contributed by atoms with van der Waals surface area (Å²) in [6, 6.07) is 8.32. The van der Waals surface area contributed by atoms with Gasteiger partial charge in [-0.05, 0) is 31.9 Å². The van der Waals surface area contributed by atoms with Gasteiger partial charge in [-0.15, -0.1) is 11.8 Å². The molecule has 0 radical (unpaired) electrons. The fraction of sp³-hybridized carbons (Fsp3) is 0.533. The van der Waals surface area contributed by atoms with Gasteiger partial charge in [-0.3, -0.25) is 4.79 Å². The summed E-state index contributed by atoms with van der Waals surface area (Å²) in [5, 5.41) is 11.9. The number of carbonyl (C=O) groups is 1. The number of aryl methyl sites for hydroxylation is 1. The van der Waals surface area contributed by atoms with Gasteiger partial charge in [0.15, 0.2) is 0 Å². The second-order valence-corrected chi connectivity index (χ2v) is 6.10. The monoisotopic (exact) mass is 281 g/mol. The Bertz CT molecular complexity index is 392. The molecule has 3 nitrogen and oxygen atoms in total. The van der Waals surface area contributed by atoms with Gasteiger partial charge in [0.1, 0.15) is 0 Å². The number of amides is 1. The van der Waals surface area contributed by atoms with Crippen molar-refractivity contribution in [1.29, 1.82) is 0 Å². The van der Waals surface area contributed by atoms with Crippen molar-refractivity contribution in [2.75, 3.05) is 12.4 Å². The highest BCUT2D eigenvalue weighted by Crippen LogP contribution is 2.18. The molecule has 0 aromatic heterocycles. The maximum absolute atomic E-state index is 11.7. The topological polar surface area (TPSA) is 49.3 Å². The number of hydrogen-bond donors (Lipinski definition) is 2. The zero-order chi connectivity index (χ0) is 14.3. The zero-order valence-electron chi connectivity index (χ0n) is 11.8. The van der Waals surface area contributed by atoms with E-state index in [0.29, 0.717) is 6.42 Å². The molecule has 0 aliphatic heterocycles. The van der Waals surface area contributed by atoms with Crippen LogP contribution in [0.25, 0.3) is 0 Å². The molecule has 2 unspecified atom stereocenters. The minimum Gasteiger partial charge on any atom is -0.396 e. The molecule has 0 saturated carbocycles. The van der Waals surface area contributed by atoms with Crippen LogP contribution in [0.5, 0.6) is 0 Å². The summed E-state index contributed by atoms with van der Waals surface area (Å²) in [6.45, 7) is 6.00. The predicted octanol–water partition coefficient (Wildman–Crippen LogP) is 2.61. The Kier molecular flexibility index (Phi) is 6.95. The second-order valence-electron chi connectivity index (χ2n) is 4.93. The van der Waals surface area contributed by atoms with E-state index in [9.17, 15) is 4.79 Å². The molecule has 0 aliphatic carbocycles. The van der Waals surface area contributed by atoms with Crippen LogP contribution in [0, 0.1) is 12.8 Å². The normalized spacial score (nSPS) is 13.9. The van der Waals surface area contributed by atoms with E-state index in [1.165, 1.54) is 10.5 Å². The smallest absolute Gasteiger partial charge is 0.221 e. The summed E-state index contributed by atoms with van der Waals surface area (Å²) in [5.74, 6) is 0.913. The average Bonchev–Trinajstić information content (AvgIpc) is 2.40. The van der Waals surface area contributed by atoms with E-state index in [1.54, 1.807) is 11.8 Å². The molecule has 1 aromatic carbocycles. The summed E-state index contributed by atoms with van der Waals surface area (Å²) >= 11 is 1.69. The predicted molar refractivity (Wildman–Crippen MR) is 80.4 cm³/mol. The number of hydrogen-bond acceptors (Lipinski definition) is 3. The lowest BCUT2D eigenvalue weighted by Gasteiger charge is -2.19. The van der Waals surface area contributed by atoms with E-state index in [-0.39, 0.29) is 24.5 Å². The first-order valence-electron chi connectivity index (χ1n) is 6.62. The van der Waals surface area contributed by atoms with Gasteiger partial charge < -0.3 is 10.4 Å². The summed E-state index contributed by atoms with van der Waals surface area (Å²) in [5.41, 5.74) is 1.24. The maximum Gasteiger partial charge on any atom is 0.221 e. The molecule has 0 fully saturated rings. The van der Waals surface area contributed by atoms with Crippen molar-refractivity contribution in [1.82, 2.24) is 5.32 Å². The summed E-state index contributed by atoms with van der Waals surface area (Å²) in [6.07, 6.45) is 0.501. The van der Waals surface area contributed by atoms with Gasteiger partial charge in [0, 0.05) is 29.7 Å². The lowest BCUT2D eigenvalue weighted by molar-refractivity contribution is -0.121. The fourth-order valence-corrected chi connectivity index (χ4v) is 2.37. The van der Waals surface area contributed by atoms with Gasteiger partial charge in [-0.1, -0.05) is 24.6 Å². The summed E-state index contributed by atoms with van der Waals surface area (Å²) in [4.78, 5) is 12.9. The second kappa shape index (κ2) is 8.23. The van der Waals surface area contributed by atoms with Crippen molar-refractivity contribution < 1.29 is 9.90 Å². The van der Waals surface area contributed by atoms with Crippen LogP contribution in [-0.4, -0.2) is 29.4 Å². The number of carbonyl (C=O) groups excluding carboxylic acids is 1. The van der Waals surface area contributed by atoms with Crippen LogP contribution in [0.3, 0.4) is 0 Å². The molecule has 1 amide bonds. The minimum absolute atomic E-state index is 0.0156. The van der Waals surface area contributed by atoms with Crippen LogP contribution in [0.4, 0.5) is 0 Å². The third-order valence-electron chi connectivity index (χ3n) is 3.15. The minimum atomic E-state index is 0.0156. The van der Waals surface area contributed by atoms with Crippen molar-refractivity contribution in [2.45, 2.75) is 38.1 Å². The maximum atomic E-state index is 11.7. The Labute approximate surface area is 119 Å². The Hall–Kier alpha value is -1.00. The van der Waals surface area contributed by atoms with Crippen molar-refractivity contribution in [3.63, 3.8) is 0 Å². The van der Waals surface area contributed by atoms with Gasteiger partial charge in [0.25, 0.3) is 0 Å². The lowest BCUT2D eigenvalue weighted by atomic mass is 10.1. The van der Waals surface area contributed by atoms with Crippen molar-refractivity contribution in [2.24, 2.45) is 5.92 Å². The average molecular weight is 281 g/mol. The number of aliphatic hydroxyl groups excluding tert-OH is 1. The summed E-state index contributed by atoms with van der Waals surface area (Å²) < 4.78 is 0. The lowest BCUT2D eigenvalue weighted by Crippen LogP contribution is -2.38. The van der Waals surface area contributed by atoms with Crippen LogP contribution < -0.4 is 5.32 Å². The molecule has 106 valence electrons. The van der Waals surface area contributed by atoms with Gasteiger partial charge in [-0.2, -0.15) is 0 Å². The molecule has 2 atom stereocenters. The van der Waals surface area contributed by atoms with Crippen molar-refractivity contribution >= 4 is 17.7 Å². The van der Waals surface area contributed by atoms with Gasteiger partial charge in [0.2, 0.25) is 5.91 Å². The fourth-order valence-electron chi connectivity index (χ4n) is 1.52. The Morgan fingerprint density at radius 2 is 1.95 bits per heavy atom. The van der Waals surface area contributed by atoms with E-state index >= 15 is 0 Å². The number of nitrogens with one attached hydrogen (secondary N) is 1. The summed E-state index contributed by atoms with van der Waals surface area (Å²) in [7, 11) is 0. The van der Waals surface area contributed by atoms with Crippen molar-refractivity contribution in [3.8, 4) is 0 Å². The third-order valence-corrected chi connectivity index (χ3v) is 4.16. The first-order valence-corrected chi connectivity index (χ1v) is 7.61. The molecule has 0 saturated heterocycles. The molecular formula is C15H23NO2S. The van der Waals surface area contributed by atoms with Crippen LogP contribution in [0.1, 0.15) is 25.8 Å². The quantitative estimate of drug-likeness (QED) is 0.755. The van der Waals surface area contributed by atoms with E-state index in [4.69, 9.17) is 5.11 Å². The van der Waals surface area contributed by atoms with E-state index in [0.717, 1.165) is 5.75 Å². The Morgan fingerprint density at radius 3 is 2.53 bits per heavy atom. The molecule has 0 spiro atoms. The molecule has 19 heavy (non-hydrogen) atoms. The number of benzene rings is 1. The van der Waals surface area contributed by atoms with Crippen LogP contribution in [0.2, 0.25) is 0 Å². The van der Waals surface area contributed by atoms with Crippen molar-refractivity contribution in [3.05, 3.63) is 29.8 Å². The first kappa shape index (κ1) is 16.1. The SMILES string of the molecule is Cc1ccc(SCCC(=O)NC(C)C(C)CO)cc1. The largest absolute Gasteiger partial charge is 0.396 e. The van der Waals surface area contributed by atoms with Gasteiger partial charge in [0.05, 0.1) is 0 Å². The molecule has 0 heterocycles. The Balaban J connectivity index is 2.25. The highest BCUT2D eigenvalue weighted by Gasteiger charge is 2.13. The Morgan fingerprint density at radius 1 is 1.32 bits per heavy atom. The zero-order valence-corrected chi connectivity index (χ0v) is 12.7. The number of thioether (sulfide) groups is 1. The highest BCUT2D eigenvalue weighted by atomic mass is 32.2. The number of aliphatic hydroxyl groups is 1. The first-order chi connectivity index (χ1) is 9.02. The highest BCUT2D eigenvalue weighted by molar-refractivity contribution is 7.99. The molecule has 4 heteroatoms. The van der Waals surface area contributed by atoms with E-state index < -0.39 is 0 Å². The van der Waals surface area contributed by atoms with Gasteiger partial charge >= 0.3 is 0 Å². The van der Waals surface area contributed by atoms with Crippen LogP contribution >= 0.6 is 11.8 Å². The standard InChI is InChI=1S/C15H23NO2S/c1-11-4-6-14(7-5-11)19-9-8-15(18)16-13(3)12(2)10-17/h4-7,12-13,17H,8-10H2,1-3H3,(H,16,18). The third kappa shape index (κ3) is 6.12. The van der Waals surface area contributed by atoms with Gasteiger partial charge in [-0.25, -0.2) is 0 Å². The van der Waals surface area contributed by atoms with E-state index in [2.05, 4.69) is 36.5 Å². The molecule has 1 aromatic rings.